The fourth-order valence-electron chi connectivity index (χ4n) is 4.09. The Morgan fingerprint density at radius 3 is 1.66 bits per heavy atom. The minimum Gasteiger partial charge on any atom is -0.0622 e. The van der Waals surface area contributed by atoms with Gasteiger partial charge >= 0.3 is 0 Å². The standard InChI is InChI=1S/C29H22/c1-2-11-23(12-3-1)28-16-8-6-14-25(28)21-26-15-7-9-17-29(26)27-19-18-22-10-4-5-13-24(22)20-27/h1-20H,21H2. The SMILES string of the molecule is c1ccc(-c2ccccc2Cc2ccccc2-c2ccc3ccccc3c2)cc1. The van der Waals surface area contributed by atoms with Crippen LogP contribution in [0.1, 0.15) is 11.1 Å². The van der Waals surface area contributed by atoms with Gasteiger partial charge in [0.2, 0.25) is 0 Å². The molecule has 0 aliphatic rings. The maximum Gasteiger partial charge on any atom is -0.00135 e. The first-order chi connectivity index (χ1) is 14.4. The van der Waals surface area contributed by atoms with Gasteiger partial charge in [-0.05, 0) is 56.6 Å². The molecule has 0 radical (unpaired) electrons. The summed E-state index contributed by atoms with van der Waals surface area (Å²) in [6.45, 7) is 0. The largest absolute Gasteiger partial charge is 0.0622 e. The van der Waals surface area contributed by atoms with Gasteiger partial charge in [-0.3, -0.25) is 0 Å². The van der Waals surface area contributed by atoms with E-state index >= 15 is 0 Å². The number of benzene rings is 5. The van der Waals surface area contributed by atoms with Crippen molar-refractivity contribution in [1.82, 2.24) is 0 Å². The van der Waals surface area contributed by atoms with Crippen molar-refractivity contribution in [2.75, 3.05) is 0 Å². The summed E-state index contributed by atoms with van der Waals surface area (Å²) >= 11 is 0. The van der Waals surface area contributed by atoms with E-state index in [1.807, 2.05) is 0 Å². The second-order valence-corrected chi connectivity index (χ2v) is 7.42. The lowest BCUT2D eigenvalue weighted by molar-refractivity contribution is 1.20. The first-order valence-corrected chi connectivity index (χ1v) is 10.1. The average molecular weight is 370 g/mol. The van der Waals surface area contributed by atoms with Crippen molar-refractivity contribution < 1.29 is 0 Å². The van der Waals surface area contributed by atoms with E-state index in [-0.39, 0.29) is 0 Å². The molecule has 138 valence electrons. The summed E-state index contributed by atoms with van der Waals surface area (Å²) in [7, 11) is 0. The first-order valence-electron chi connectivity index (χ1n) is 10.1. The third-order valence-corrected chi connectivity index (χ3v) is 5.56. The molecule has 0 aliphatic carbocycles. The van der Waals surface area contributed by atoms with Crippen LogP contribution >= 0.6 is 0 Å². The number of rotatable bonds is 4. The average Bonchev–Trinajstić information content (AvgIpc) is 2.80. The second-order valence-electron chi connectivity index (χ2n) is 7.42. The topological polar surface area (TPSA) is 0 Å². The summed E-state index contributed by atoms with van der Waals surface area (Å²) in [5, 5.41) is 2.56. The molecule has 0 heteroatoms. The van der Waals surface area contributed by atoms with Crippen molar-refractivity contribution in [3.63, 3.8) is 0 Å². The summed E-state index contributed by atoms with van der Waals surface area (Å²) in [5.74, 6) is 0. The van der Waals surface area contributed by atoms with Gasteiger partial charge in [0.25, 0.3) is 0 Å². The van der Waals surface area contributed by atoms with Gasteiger partial charge in [0.15, 0.2) is 0 Å². The van der Waals surface area contributed by atoms with Crippen LogP contribution in [-0.4, -0.2) is 0 Å². The van der Waals surface area contributed by atoms with Crippen LogP contribution in [-0.2, 0) is 6.42 Å². The maximum absolute atomic E-state index is 2.30. The zero-order valence-corrected chi connectivity index (χ0v) is 16.3. The van der Waals surface area contributed by atoms with E-state index < -0.39 is 0 Å². The molecule has 0 saturated carbocycles. The molecule has 0 heterocycles. The van der Waals surface area contributed by atoms with Crippen molar-refractivity contribution in [3.05, 3.63) is 132 Å². The Morgan fingerprint density at radius 1 is 0.379 bits per heavy atom. The normalized spacial score (nSPS) is 10.9. The fourth-order valence-corrected chi connectivity index (χ4v) is 4.09. The van der Waals surface area contributed by atoms with E-state index in [0.717, 1.165) is 6.42 Å². The highest BCUT2D eigenvalue weighted by Gasteiger charge is 2.10. The van der Waals surface area contributed by atoms with Crippen LogP contribution in [0.25, 0.3) is 33.0 Å². The van der Waals surface area contributed by atoms with Gasteiger partial charge in [-0.15, -0.1) is 0 Å². The zero-order chi connectivity index (χ0) is 19.5. The van der Waals surface area contributed by atoms with Crippen LogP contribution in [0.3, 0.4) is 0 Å². The van der Waals surface area contributed by atoms with Gasteiger partial charge in [-0.25, -0.2) is 0 Å². The van der Waals surface area contributed by atoms with Crippen LogP contribution in [0.5, 0.6) is 0 Å². The minimum absolute atomic E-state index is 0.911. The fraction of sp³-hybridized carbons (Fsp3) is 0.0345. The van der Waals surface area contributed by atoms with Crippen molar-refractivity contribution in [3.8, 4) is 22.3 Å². The van der Waals surface area contributed by atoms with E-state index in [9.17, 15) is 0 Å². The molecule has 0 aliphatic heterocycles. The predicted octanol–water partition coefficient (Wildman–Crippen LogP) is 7.76. The molecule has 5 rings (SSSR count). The van der Waals surface area contributed by atoms with Gasteiger partial charge in [0.05, 0.1) is 0 Å². The highest BCUT2D eigenvalue weighted by molar-refractivity contribution is 5.88. The van der Waals surface area contributed by atoms with Gasteiger partial charge in [-0.1, -0.05) is 115 Å². The van der Waals surface area contributed by atoms with Gasteiger partial charge in [0, 0.05) is 0 Å². The molecule has 0 fully saturated rings. The van der Waals surface area contributed by atoms with E-state index in [1.165, 1.54) is 44.2 Å². The van der Waals surface area contributed by atoms with Crippen LogP contribution in [0.2, 0.25) is 0 Å². The van der Waals surface area contributed by atoms with Crippen LogP contribution < -0.4 is 0 Å². The Labute approximate surface area is 172 Å². The summed E-state index contributed by atoms with van der Waals surface area (Å²) in [5.41, 5.74) is 7.86. The van der Waals surface area contributed by atoms with Gasteiger partial charge in [0.1, 0.15) is 0 Å². The Morgan fingerprint density at radius 2 is 0.931 bits per heavy atom. The molecule has 5 aromatic rings. The zero-order valence-electron chi connectivity index (χ0n) is 16.3. The molecule has 0 unspecified atom stereocenters. The minimum atomic E-state index is 0.911. The first kappa shape index (κ1) is 17.5. The molecule has 0 amide bonds. The molecule has 0 spiro atoms. The number of hydrogen-bond acceptors (Lipinski definition) is 0. The van der Waals surface area contributed by atoms with Crippen molar-refractivity contribution >= 4 is 10.8 Å². The van der Waals surface area contributed by atoms with Crippen molar-refractivity contribution in [2.24, 2.45) is 0 Å². The molecule has 5 aromatic carbocycles. The Hall–Kier alpha value is -3.64. The molecular formula is C29H22. The highest BCUT2D eigenvalue weighted by atomic mass is 14.1. The van der Waals surface area contributed by atoms with Crippen LogP contribution in [0, 0.1) is 0 Å². The summed E-state index contributed by atoms with van der Waals surface area (Å²) in [6.07, 6.45) is 0.911. The van der Waals surface area contributed by atoms with Crippen molar-refractivity contribution in [2.45, 2.75) is 6.42 Å². The molecule has 0 nitrogen and oxygen atoms in total. The van der Waals surface area contributed by atoms with Gasteiger partial charge in [-0.2, -0.15) is 0 Å². The maximum atomic E-state index is 2.30. The van der Waals surface area contributed by atoms with E-state index in [0.29, 0.717) is 0 Å². The van der Waals surface area contributed by atoms with E-state index in [1.54, 1.807) is 0 Å². The molecular weight excluding hydrogens is 348 g/mol. The van der Waals surface area contributed by atoms with Crippen LogP contribution in [0.4, 0.5) is 0 Å². The van der Waals surface area contributed by atoms with Crippen LogP contribution in [0.15, 0.2) is 121 Å². The third kappa shape index (κ3) is 3.58. The number of hydrogen-bond donors (Lipinski definition) is 0. The monoisotopic (exact) mass is 370 g/mol. The second kappa shape index (κ2) is 7.77. The van der Waals surface area contributed by atoms with E-state index in [2.05, 4.69) is 121 Å². The third-order valence-electron chi connectivity index (χ3n) is 5.56. The summed E-state index contributed by atoms with van der Waals surface area (Å²) < 4.78 is 0. The summed E-state index contributed by atoms with van der Waals surface area (Å²) in [4.78, 5) is 0. The molecule has 29 heavy (non-hydrogen) atoms. The molecule has 0 bridgehead atoms. The summed E-state index contributed by atoms with van der Waals surface area (Å²) in [6, 6.07) is 43.5. The Balaban J connectivity index is 1.57. The molecule has 0 N–H and O–H groups in total. The lowest BCUT2D eigenvalue weighted by Gasteiger charge is -2.14. The molecule has 0 saturated heterocycles. The Kier molecular flexibility index (Phi) is 4.68. The lowest BCUT2D eigenvalue weighted by atomic mass is 9.90. The predicted molar refractivity (Wildman–Crippen MR) is 124 cm³/mol. The number of fused-ring (bicyclic) bond motifs is 1. The lowest BCUT2D eigenvalue weighted by Crippen LogP contribution is -1.95. The quantitative estimate of drug-likeness (QED) is 0.303. The van der Waals surface area contributed by atoms with Gasteiger partial charge < -0.3 is 0 Å². The molecule has 0 aromatic heterocycles. The highest BCUT2D eigenvalue weighted by Crippen LogP contribution is 2.31. The molecule has 0 atom stereocenters. The Bertz CT molecular complexity index is 1270. The smallest absolute Gasteiger partial charge is 0.00135 e. The van der Waals surface area contributed by atoms with Crippen molar-refractivity contribution in [1.29, 1.82) is 0 Å². The van der Waals surface area contributed by atoms with E-state index in [4.69, 9.17) is 0 Å².